The summed E-state index contributed by atoms with van der Waals surface area (Å²) < 4.78 is 18.2. The lowest BCUT2D eigenvalue weighted by Gasteiger charge is -2.08. The molecule has 0 aliphatic carbocycles. The van der Waals surface area contributed by atoms with Gasteiger partial charge in [0.2, 0.25) is 0 Å². The van der Waals surface area contributed by atoms with E-state index in [1.54, 1.807) is 25.1 Å². The molecule has 0 aromatic heterocycles. The Hall–Kier alpha value is -1.09. The second kappa shape index (κ2) is 4.23. The molecule has 0 aliphatic heterocycles. The summed E-state index contributed by atoms with van der Waals surface area (Å²) in [6.07, 6.45) is -0.232. The normalized spacial score (nSPS) is 12.6. The molecule has 0 aliphatic rings. The first kappa shape index (κ1) is 9.99. The highest BCUT2D eigenvalue weighted by Gasteiger charge is 2.09. The predicted octanol–water partition coefficient (Wildman–Crippen LogP) is 1.76. The van der Waals surface area contributed by atoms with Gasteiger partial charge in [-0.05, 0) is 18.6 Å². The van der Waals surface area contributed by atoms with Crippen molar-refractivity contribution < 1.29 is 14.2 Å². The number of hydrogen-bond acceptors (Lipinski definition) is 2. The number of hydrogen-bond donors (Lipinski definition) is 1. The van der Waals surface area contributed by atoms with Crippen LogP contribution in [-0.4, -0.2) is 18.3 Å². The summed E-state index contributed by atoms with van der Waals surface area (Å²) in [7, 11) is 1.42. The lowest BCUT2D eigenvalue weighted by atomic mass is 10.1. The number of benzene rings is 1. The summed E-state index contributed by atoms with van der Waals surface area (Å²) in [5, 5.41) is 9.09. The Morgan fingerprint density at radius 2 is 2.23 bits per heavy atom. The van der Waals surface area contributed by atoms with Crippen molar-refractivity contribution >= 4 is 0 Å². The van der Waals surface area contributed by atoms with Crippen molar-refractivity contribution in [1.82, 2.24) is 0 Å². The molecule has 1 unspecified atom stereocenters. The van der Waals surface area contributed by atoms with E-state index in [0.29, 0.717) is 12.0 Å². The van der Waals surface area contributed by atoms with Crippen molar-refractivity contribution in [3.8, 4) is 5.75 Å². The highest BCUT2D eigenvalue weighted by atomic mass is 19.1. The van der Waals surface area contributed by atoms with Crippen LogP contribution in [0.1, 0.15) is 12.5 Å². The van der Waals surface area contributed by atoms with Gasteiger partial charge in [-0.15, -0.1) is 0 Å². The fourth-order valence-electron chi connectivity index (χ4n) is 1.19. The summed E-state index contributed by atoms with van der Waals surface area (Å²) in [4.78, 5) is 0. The van der Waals surface area contributed by atoms with Gasteiger partial charge >= 0.3 is 0 Å². The third-order valence-electron chi connectivity index (χ3n) is 1.78. The largest absolute Gasteiger partial charge is 0.494 e. The molecule has 1 aromatic carbocycles. The second-order valence-corrected chi connectivity index (χ2v) is 2.99. The lowest BCUT2D eigenvalue weighted by molar-refractivity contribution is 0.194. The number of methoxy groups -OCH3 is 1. The zero-order chi connectivity index (χ0) is 9.84. The van der Waals surface area contributed by atoms with E-state index in [0.717, 1.165) is 0 Å². The van der Waals surface area contributed by atoms with Crippen LogP contribution in [0.2, 0.25) is 0 Å². The number of aliphatic hydroxyl groups is 1. The van der Waals surface area contributed by atoms with Gasteiger partial charge in [-0.25, -0.2) is 4.39 Å². The van der Waals surface area contributed by atoms with E-state index >= 15 is 0 Å². The first-order chi connectivity index (χ1) is 6.15. The fraction of sp³-hybridized carbons (Fsp3) is 0.400. The maximum Gasteiger partial charge on any atom is 0.168 e. The minimum Gasteiger partial charge on any atom is -0.494 e. The van der Waals surface area contributed by atoms with Crippen LogP contribution in [0.15, 0.2) is 18.2 Å². The Bertz CT molecular complexity index is 284. The van der Waals surface area contributed by atoms with Gasteiger partial charge in [0.25, 0.3) is 0 Å². The van der Waals surface area contributed by atoms with Gasteiger partial charge in [0.1, 0.15) is 0 Å². The molecule has 0 radical (unpaired) electrons. The van der Waals surface area contributed by atoms with Crippen LogP contribution in [0.5, 0.6) is 5.75 Å². The number of rotatable bonds is 3. The van der Waals surface area contributed by atoms with E-state index in [-0.39, 0.29) is 11.6 Å². The quantitative estimate of drug-likeness (QED) is 0.775. The zero-order valence-electron chi connectivity index (χ0n) is 7.75. The fourth-order valence-corrected chi connectivity index (χ4v) is 1.19. The van der Waals surface area contributed by atoms with E-state index in [4.69, 9.17) is 9.84 Å². The SMILES string of the molecule is COc1cccc(CC(C)O)c1F. The molecule has 3 heteroatoms. The van der Waals surface area contributed by atoms with Gasteiger partial charge in [-0.1, -0.05) is 12.1 Å². The van der Waals surface area contributed by atoms with Crippen molar-refractivity contribution in [2.45, 2.75) is 19.4 Å². The van der Waals surface area contributed by atoms with Crippen LogP contribution in [-0.2, 0) is 6.42 Å². The van der Waals surface area contributed by atoms with E-state index in [1.807, 2.05) is 0 Å². The molecule has 0 heterocycles. The van der Waals surface area contributed by atoms with E-state index < -0.39 is 6.10 Å². The van der Waals surface area contributed by atoms with Crippen molar-refractivity contribution in [3.63, 3.8) is 0 Å². The molecule has 0 bridgehead atoms. The van der Waals surface area contributed by atoms with Crippen LogP contribution in [0, 0.1) is 5.82 Å². The maximum atomic E-state index is 13.4. The Morgan fingerprint density at radius 1 is 1.54 bits per heavy atom. The minimum atomic E-state index is -0.540. The second-order valence-electron chi connectivity index (χ2n) is 2.99. The highest BCUT2D eigenvalue weighted by Crippen LogP contribution is 2.20. The number of halogens is 1. The van der Waals surface area contributed by atoms with Crippen LogP contribution < -0.4 is 4.74 Å². The molecule has 0 saturated carbocycles. The van der Waals surface area contributed by atoms with Crippen LogP contribution in [0.3, 0.4) is 0 Å². The predicted molar refractivity (Wildman–Crippen MR) is 48.3 cm³/mol. The first-order valence-corrected chi connectivity index (χ1v) is 4.14. The summed E-state index contributed by atoms with van der Waals surface area (Å²) >= 11 is 0. The average molecular weight is 184 g/mol. The third kappa shape index (κ3) is 2.42. The van der Waals surface area contributed by atoms with Gasteiger partial charge in [-0.2, -0.15) is 0 Å². The molecule has 2 nitrogen and oxygen atoms in total. The number of aliphatic hydroxyl groups excluding tert-OH is 1. The molecular formula is C10H13FO2. The molecular weight excluding hydrogens is 171 g/mol. The highest BCUT2D eigenvalue weighted by molar-refractivity contribution is 5.31. The molecule has 0 fully saturated rings. The summed E-state index contributed by atoms with van der Waals surface area (Å²) in [6, 6.07) is 4.91. The van der Waals surface area contributed by atoms with Crippen LogP contribution in [0.4, 0.5) is 4.39 Å². The maximum absolute atomic E-state index is 13.4. The average Bonchev–Trinajstić information content (AvgIpc) is 2.08. The van der Waals surface area contributed by atoms with Crippen LogP contribution >= 0.6 is 0 Å². The van der Waals surface area contributed by atoms with E-state index in [1.165, 1.54) is 7.11 Å². The molecule has 1 atom stereocenters. The Morgan fingerprint density at radius 3 is 2.77 bits per heavy atom. The Labute approximate surface area is 77.0 Å². The third-order valence-corrected chi connectivity index (χ3v) is 1.78. The smallest absolute Gasteiger partial charge is 0.168 e. The Balaban J connectivity index is 2.94. The topological polar surface area (TPSA) is 29.5 Å². The van der Waals surface area contributed by atoms with Gasteiger partial charge in [-0.3, -0.25) is 0 Å². The summed E-state index contributed by atoms with van der Waals surface area (Å²) in [5.41, 5.74) is 0.481. The van der Waals surface area contributed by atoms with Crippen molar-refractivity contribution in [3.05, 3.63) is 29.6 Å². The molecule has 0 spiro atoms. The van der Waals surface area contributed by atoms with Gasteiger partial charge in [0, 0.05) is 6.42 Å². The van der Waals surface area contributed by atoms with Crippen LogP contribution in [0.25, 0.3) is 0 Å². The number of ether oxygens (including phenoxy) is 1. The molecule has 1 rings (SSSR count). The monoisotopic (exact) mass is 184 g/mol. The molecule has 0 amide bonds. The zero-order valence-corrected chi connectivity index (χ0v) is 7.75. The van der Waals surface area contributed by atoms with Gasteiger partial charge in [0.05, 0.1) is 13.2 Å². The molecule has 72 valence electrons. The molecule has 13 heavy (non-hydrogen) atoms. The minimum absolute atomic E-state index is 0.221. The van der Waals surface area contributed by atoms with Gasteiger partial charge in [0.15, 0.2) is 11.6 Å². The summed E-state index contributed by atoms with van der Waals surface area (Å²) in [6.45, 7) is 1.62. The van der Waals surface area contributed by atoms with E-state index in [2.05, 4.69) is 0 Å². The van der Waals surface area contributed by atoms with E-state index in [9.17, 15) is 4.39 Å². The summed E-state index contributed by atoms with van der Waals surface area (Å²) in [5.74, 6) is -0.163. The van der Waals surface area contributed by atoms with Crippen molar-refractivity contribution in [2.24, 2.45) is 0 Å². The van der Waals surface area contributed by atoms with Crippen molar-refractivity contribution in [1.29, 1.82) is 0 Å². The molecule has 1 aromatic rings. The standard InChI is InChI=1S/C10H13FO2/c1-7(12)6-8-4-3-5-9(13-2)10(8)11/h3-5,7,12H,6H2,1-2H3. The first-order valence-electron chi connectivity index (χ1n) is 4.14. The molecule has 0 saturated heterocycles. The lowest BCUT2D eigenvalue weighted by Crippen LogP contribution is -2.06. The Kier molecular flexibility index (Phi) is 3.25. The van der Waals surface area contributed by atoms with Gasteiger partial charge < -0.3 is 9.84 Å². The molecule has 1 N–H and O–H groups in total. The van der Waals surface area contributed by atoms with Crippen molar-refractivity contribution in [2.75, 3.05) is 7.11 Å².